The molecule has 0 aliphatic heterocycles. The normalized spacial score (nSPS) is 11.6. The molecule has 2 rings (SSSR count). The molecule has 0 N–H and O–H groups in total. The van der Waals surface area contributed by atoms with Crippen LogP contribution < -0.4 is 0 Å². The second kappa shape index (κ2) is 6.91. The zero-order chi connectivity index (χ0) is 14.6. The van der Waals surface area contributed by atoms with E-state index >= 15 is 0 Å². The fraction of sp³-hybridized carbons (Fsp3) is 0.333. The first-order valence-corrected chi connectivity index (χ1v) is 9.09. The largest absolute Gasteiger partial charge is 0.0918 e. The molecule has 0 aliphatic rings. The minimum absolute atomic E-state index is 0.0978. The first-order valence-electron chi connectivity index (χ1n) is 6.85. The SMILES string of the molecule is Cc1ccc(CC(CBr)(CBr)c2ccccc2C)cc1. The Morgan fingerprint density at radius 1 is 0.850 bits per heavy atom. The van der Waals surface area contributed by atoms with Crippen LogP contribution in [0, 0.1) is 13.8 Å². The molecule has 0 bridgehead atoms. The average Bonchev–Trinajstić information content (AvgIpc) is 2.48. The van der Waals surface area contributed by atoms with Crippen LogP contribution in [0.1, 0.15) is 22.3 Å². The maximum absolute atomic E-state index is 3.75. The molecule has 0 fully saturated rings. The summed E-state index contributed by atoms with van der Waals surface area (Å²) >= 11 is 7.49. The lowest BCUT2D eigenvalue weighted by Crippen LogP contribution is -2.33. The van der Waals surface area contributed by atoms with E-state index in [1.54, 1.807) is 0 Å². The summed E-state index contributed by atoms with van der Waals surface area (Å²) in [5.74, 6) is 0. The lowest BCUT2D eigenvalue weighted by Gasteiger charge is -2.32. The number of aryl methyl sites for hydroxylation is 2. The molecule has 0 nitrogen and oxygen atoms in total. The molecule has 0 heterocycles. The Bertz CT molecular complexity index is 554. The van der Waals surface area contributed by atoms with E-state index in [2.05, 4.69) is 94.2 Å². The van der Waals surface area contributed by atoms with Crippen LogP contribution >= 0.6 is 31.9 Å². The van der Waals surface area contributed by atoms with Crippen molar-refractivity contribution in [1.82, 2.24) is 0 Å². The van der Waals surface area contributed by atoms with Crippen molar-refractivity contribution in [2.75, 3.05) is 10.7 Å². The highest BCUT2D eigenvalue weighted by Gasteiger charge is 2.31. The van der Waals surface area contributed by atoms with E-state index in [-0.39, 0.29) is 5.41 Å². The molecule has 0 saturated carbocycles. The molecular formula is C18H20Br2. The van der Waals surface area contributed by atoms with Crippen molar-refractivity contribution in [3.63, 3.8) is 0 Å². The molecule has 0 saturated heterocycles. The zero-order valence-electron chi connectivity index (χ0n) is 12.0. The standard InChI is InChI=1S/C18H20Br2/c1-14-7-9-16(10-8-14)11-18(12-19,13-20)17-6-4-3-5-15(17)2/h3-10H,11-13H2,1-2H3. The fourth-order valence-electron chi connectivity index (χ4n) is 2.63. The van der Waals surface area contributed by atoms with Crippen LogP contribution in [0.5, 0.6) is 0 Å². The number of rotatable bonds is 5. The second-order valence-corrected chi connectivity index (χ2v) is 6.65. The quantitative estimate of drug-likeness (QED) is 0.580. The molecule has 0 spiro atoms. The fourth-order valence-corrected chi connectivity index (χ4v) is 4.56. The van der Waals surface area contributed by atoms with E-state index in [1.165, 1.54) is 22.3 Å². The summed E-state index contributed by atoms with van der Waals surface area (Å²) in [6.07, 6.45) is 1.04. The van der Waals surface area contributed by atoms with Crippen molar-refractivity contribution in [3.8, 4) is 0 Å². The Labute approximate surface area is 138 Å². The Balaban J connectivity index is 2.39. The van der Waals surface area contributed by atoms with E-state index in [1.807, 2.05) is 0 Å². The molecule has 0 atom stereocenters. The number of alkyl halides is 2. The van der Waals surface area contributed by atoms with E-state index in [0.29, 0.717) is 0 Å². The van der Waals surface area contributed by atoms with E-state index in [9.17, 15) is 0 Å². The van der Waals surface area contributed by atoms with Gasteiger partial charge in [-0.2, -0.15) is 0 Å². The van der Waals surface area contributed by atoms with Gasteiger partial charge in [-0.3, -0.25) is 0 Å². The van der Waals surface area contributed by atoms with Gasteiger partial charge in [0.25, 0.3) is 0 Å². The molecule has 0 aromatic heterocycles. The van der Waals surface area contributed by atoms with Crippen LogP contribution in [-0.2, 0) is 11.8 Å². The van der Waals surface area contributed by atoms with Crippen LogP contribution in [0.2, 0.25) is 0 Å². The molecule has 0 radical (unpaired) electrons. The summed E-state index contributed by atoms with van der Waals surface area (Å²) in [5, 5.41) is 1.90. The van der Waals surface area contributed by atoms with Crippen LogP contribution in [0.25, 0.3) is 0 Å². The summed E-state index contributed by atoms with van der Waals surface area (Å²) in [4.78, 5) is 0. The summed E-state index contributed by atoms with van der Waals surface area (Å²) < 4.78 is 0. The molecule has 0 unspecified atom stereocenters. The van der Waals surface area contributed by atoms with E-state index in [4.69, 9.17) is 0 Å². The molecular weight excluding hydrogens is 376 g/mol. The number of benzene rings is 2. The first kappa shape index (κ1) is 15.8. The Kier molecular flexibility index (Phi) is 5.45. The third kappa shape index (κ3) is 3.35. The van der Waals surface area contributed by atoms with Gasteiger partial charge in [0.2, 0.25) is 0 Å². The van der Waals surface area contributed by atoms with E-state index < -0.39 is 0 Å². The molecule has 0 amide bonds. The van der Waals surface area contributed by atoms with Crippen molar-refractivity contribution in [3.05, 3.63) is 70.8 Å². The number of hydrogen-bond acceptors (Lipinski definition) is 0. The predicted molar refractivity (Wildman–Crippen MR) is 95.3 cm³/mol. The second-order valence-electron chi connectivity index (χ2n) is 5.52. The lowest BCUT2D eigenvalue weighted by molar-refractivity contribution is 0.547. The van der Waals surface area contributed by atoms with Crippen molar-refractivity contribution in [2.24, 2.45) is 0 Å². The lowest BCUT2D eigenvalue weighted by atomic mass is 9.77. The van der Waals surface area contributed by atoms with E-state index in [0.717, 1.165) is 17.1 Å². The summed E-state index contributed by atoms with van der Waals surface area (Å²) in [5.41, 5.74) is 5.58. The van der Waals surface area contributed by atoms with Crippen LogP contribution in [0.4, 0.5) is 0 Å². The Hall–Kier alpha value is -0.600. The Morgan fingerprint density at radius 3 is 2.00 bits per heavy atom. The van der Waals surface area contributed by atoms with Crippen molar-refractivity contribution >= 4 is 31.9 Å². The maximum Gasteiger partial charge on any atom is 0.0189 e. The summed E-state index contributed by atoms with van der Waals surface area (Å²) in [6.45, 7) is 4.33. The van der Waals surface area contributed by atoms with Crippen LogP contribution in [0.3, 0.4) is 0 Å². The number of halogens is 2. The highest BCUT2D eigenvalue weighted by Crippen LogP contribution is 2.34. The molecule has 2 aromatic carbocycles. The third-order valence-electron chi connectivity index (χ3n) is 3.89. The number of hydrogen-bond donors (Lipinski definition) is 0. The van der Waals surface area contributed by atoms with Gasteiger partial charge in [0, 0.05) is 16.1 Å². The highest BCUT2D eigenvalue weighted by molar-refractivity contribution is 9.09. The molecule has 0 aliphatic carbocycles. The van der Waals surface area contributed by atoms with Gasteiger partial charge < -0.3 is 0 Å². The molecule has 20 heavy (non-hydrogen) atoms. The third-order valence-corrected chi connectivity index (χ3v) is 6.04. The van der Waals surface area contributed by atoms with Gasteiger partial charge in [0.15, 0.2) is 0 Å². The zero-order valence-corrected chi connectivity index (χ0v) is 15.2. The minimum Gasteiger partial charge on any atom is -0.0918 e. The Morgan fingerprint density at radius 2 is 1.45 bits per heavy atom. The van der Waals surface area contributed by atoms with Gasteiger partial charge in [0.1, 0.15) is 0 Å². The summed E-state index contributed by atoms with van der Waals surface area (Å²) in [7, 11) is 0. The van der Waals surface area contributed by atoms with Gasteiger partial charge in [-0.15, -0.1) is 0 Å². The van der Waals surface area contributed by atoms with Gasteiger partial charge in [-0.1, -0.05) is 86.0 Å². The minimum atomic E-state index is 0.0978. The van der Waals surface area contributed by atoms with Crippen molar-refractivity contribution in [1.29, 1.82) is 0 Å². The molecule has 2 aromatic rings. The molecule has 106 valence electrons. The van der Waals surface area contributed by atoms with Crippen molar-refractivity contribution in [2.45, 2.75) is 25.7 Å². The average molecular weight is 396 g/mol. The highest BCUT2D eigenvalue weighted by atomic mass is 79.9. The van der Waals surface area contributed by atoms with Crippen LogP contribution in [0.15, 0.2) is 48.5 Å². The monoisotopic (exact) mass is 394 g/mol. The van der Waals surface area contributed by atoms with Crippen molar-refractivity contribution < 1.29 is 0 Å². The smallest absolute Gasteiger partial charge is 0.0189 e. The first-order chi connectivity index (χ1) is 9.61. The van der Waals surface area contributed by atoms with Gasteiger partial charge in [0.05, 0.1) is 0 Å². The predicted octanol–water partition coefficient (Wildman–Crippen LogP) is 5.57. The summed E-state index contributed by atoms with van der Waals surface area (Å²) in [6, 6.07) is 17.6. The van der Waals surface area contributed by atoms with Gasteiger partial charge >= 0.3 is 0 Å². The van der Waals surface area contributed by atoms with Crippen LogP contribution in [-0.4, -0.2) is 10.7 Å². The maximum atomic E-state index is 3.75. The topological polar surface area (TPSA) is 0 Å². The molecule has 2 heteroatoms. The van der Waals surface area contributed by atoms with Gasteiger partial charge in [-0.05, 0) is 37.0 Å². The van der Waals surface area contributed by atoms with Gasteiger partial charge in [-0.25, -0.2) is 0 Å².